The standard InChI is InChI=1S/C21H16N2O/c22-21-20-14-17(7-6-16(20)12-13-23-21)15-8-10-19(11-9-15)24-18-4-2-1-3-5-18/h1-14H,(H2,22,23). The molecule has 116 valence electrons. The summed E-state index contributed by atoms with van der Waals surface area (Å²) in [6.45, 7) is 0. The van der Waals surface area contributed by atoms with Crippen LogP contribution in [-0.2, 0) is 0 Å². The van der Waals surface area contributed by atoms with Gasteiger partial charge in [0.2, 0.25) is 0 Å². The molecule has 0 atom stereocenters. The van der Waals surface area contributed by atoms with Crippen LogP contribution >= 0.6 is 0 Å². The number of fused-ring (bicyclic) bond motifs is 1. The van der Waals surface area contributed by atoms with Gasteiger partial charge in [0.05, 0.1) is 0 Å². The van der Waals surface area contributed by atoms with Crippen LogP contribution in [0.25, 0.3) is 21.9 Å². The first-order valence-corrected chi connectivity index (χ1v) is 7.77. The summed E-state index contributed by atoms with van der Waals surface area (Å²) in [6, 6.07) is 26.0. The molecule has 2 N–H and O–H groups in total. The van der Waals surface area contributed by atoms with E-state index in [0.29, 0.717) is 5.82 Å². The topological polar surface area (TPSA) is 48.1 Å². The van der Waals surface area contributed by atoms with Crippen LogP contribution in [0.5, 0.6) is 11.5 Å². The molecule has 0 aliphatic heterocycles. The Labute approximate surface area is 140 Å². The lowest BCUT2D eigenvalue weighted by atomic mass is 10.0. The van der Waals surface area contributed by atoms with Crippen molar-refractivity contribution in [1.29, 1.82) is 0 Å². The van der Waals surface area contributed by atoms with Gasteiger partial charge in [0.25, 0.3) is 0 Å². The highest BCUT2D eigenvalue weighted by atomic mass is 16.5. The van der Waals surface area contributed by atoms with E-state index < -0.39 is 0 Å². The number of pyridine rings is 1. The van der Waals surface area contributed by atoms with E-state index in [1.54, 1.807) is 6.20 Å². The number of nitrogens with zero attached hydrogens (tertiary/aromatic N) is 1. The Hall–Kier alpha value is -3.33. The summed E-state index contributed by atoms with van der Waals surface area (Å²) in [5, 5.41) is 2.06. The van der Waals surface area contributed by atoms with Crippen LogP contribution in [0.4, 0.5) is 5.82 Å². The number of anilines is 1. The van der Waals surface area contributed by atoms with Crippen molar-refractivity contribution in [3.63, 3.8) is 0 Å². The summed E-state index contributed by atoms with van der Waals surface area (Å²) in [4.78, 5) is 4.16. The van der Waals surface area contributed by atoms with Crippen LogP contribution in [0, 0.1) is 0 Å². The zero-order chi connectivity index (χ0) is 16.4. The van der Waals surface area contributed by atoms with Crippen LogP contribution < -0.4 is 10.5 Å². The van der Waals surface area contributed by atoms with Gasteiger partial charge in [-0.25, -0.2) is 4.98 Å². The summed E-state index contributed by atoms with van der Waals surface area (Å²) in [7, 11) is 0. The number of aromatic nitrogens is 1. The Balaban J connectivity index is 1.64. The van der Waals surface area contributed by atoms with E-state index in [9.17, 15) is 0 Å². The minimum atomic E-state index is 0.554. The summed E-state index contributed by atoms with van der Waals surface area (Å²) in [5.41, 5.74) is 8.20. The Morgan fingerprint density at radius 2 is 1.42 bits per heavy atom. The molecule has 0 radical (unpaired) electrons. The molecule has 1 aromatic heterocycles. The molecule has 0 bridgehead atoms. The van der Waals surface area contributed by atoms with Gasteiger partial charge in [-0.15, -0.1) is 0 Å². The van der Waals surface area contributed by atoms with Gasteiger partial charge in [-0.2, -0.15) is 0 Å². The zero-order valence-electron chi connectivity index (χ0n) is 13.0. The van der Waals surface area contributed by atoms with Crippen LogP contribution in [0.1, 0.15) is 0 Å². The van der Waals surface area contributed by atoms with E-state index in [-0.39, 0.29) is 0 Å². The van der Waals surface area contributed by atoms with Gasteiger partial charge in [0, 0.05) is 11.6 Å². The van der Waals surface area contributed by atoms with Crippen molar-refractivity contribution in [3.05, 3.63) is 85.1 Å². The number of hydrogen-bond acceptors (Lipinski definition) is 3. The smallest absolute Gasteiger partial charge is 0.131 e. The van der Waals surface area contributed by atoms with Crippen molar-refractivity contribution in [2.45, 2.75) is 0 Å². The highest BCUT2D eigenvalue weighted by molar-refractivity contribution is 5.94. The molecule has 1 heterocycles. The lowest BCUT2D eigenvalue weighted by Gasteiger charge is -2.08. The minimum absolute atomic E-state index is 0.554. The predicted octanol–water partition coefficient (Wildman–Crippen LogP) is 5.28. The Morgan fingerprint density at radius 1 is 0.708 bits per heavy atom. The van der Waals surface area contributed by atoms with E-state index in [1.807, 2.05) is 60.7 Å². The highest BCUT2D eigenvalue weighted by Crippen LogP contribution is 2.29. The van der Waals surface area contributed by atoms with Gasteiger partial charge in [-0.05, 0) is 52.9 Å². The summed E-state index contributed by atoms with van der Waals surface area (Å²) in [6.07, 6.45) is 1.73. The van der Waals surface area contributed by atoms with Crippen molar-refractivity contribution < 1.29 is 4.74 Å². The van der Waals surface area contributed by atoms with Crippen molar-refractivity contribution in [3.8, 4) is 22.6 Å². The average molecular weight is 312 g/mol. The van der Waals surface area contributed by atoms with Crippen LogP contribution in [0.3, 0.4) is 0 Å². The van der Waals surface area contributed by atoms with E-state index >= 15 is 0 Å². The maximum atomic E-state index is 5.98. The van der Waals surface area contributed by atoms with Gasteiger partial charge < -0.3 is 10.5 Å². The molecule has 0 aliphatic carbocycles. The Morgan fingerprint density at radius 3 is 2.21 bits per heavy atom. The largest absolute Gasteiger partial charge is 0.457 e. The third kappa shape index (κ3) is 2.79. The van der Waals surface area contributed by atoms with Gasteiger partial charge in [-0.3, -0.25) is 0 Å². The molecule has 4 aromatic rings. The average Bonchev–Trinajstić information content (AvgIpc) is 2.63. The molecule has 0 saturated heterocycles. The second-order valence-electron chi connectivity index (χ2n) is 5.57. The van der Waals surface area contributed by atoms with Crippen LogP contribution in [0.15, 0.2) is 85.1 Å². The van der Waals surface area contributed by atoms with Crippen molar-refractivity contribution in [2.24, 2.45) is 0 Å². The normalized spacial score (nSPS) is 10.7. The second-order valence-corrected chi connectivity index (χ2v) is 5.57. The number of para-hydroxylation sites is 1. The number of nitrogens with two attached hydrogens (primary N) is 1. The second kappa shape index (κ2) is 6.05. The summed E-state index contributed by atoms with van der Waals surface area (Å²) < 4.78 is 5.83. The first-order valence-electron chi connectivity index (χ1n) is 7.77. The summed E-state index contributed by atoms with van der Waals surface area (Å²) >= 11 is 0. The van der Waals surface area contributed by atoms with E-state index in [4.69, 9.17) is 10.5 Å². The first-order chi connectivity index (χ1) is 11.8. The number of rotatable bonds is 3. The summed E-state index contributed by atoms with van der Waals surface area (Å²) in [5.74, 6) is 2.19. The lowest BCUT2D eigenvalue weighted by Crippen LogP contribution is -1.91. The minimum Gasteiger partial charge on any atom is -0.457 e. The molecule has 0 aliphatic rings. The van der Waals surface area contributed by atoms with Gasteiger partial charge >= 0.3 is 0 Å². The quantitative estimate of drug-likeness (QED) is 0.560. The third-order valence-electron chi connectivity index (χ3n) is 3.96. The zero-order valence-corrected chi connectivity index (χ0v) is 13.0. The number of ether oxygens (including phenoxy) is 1. The molecule has 4 rings (SSSR count). The molecule has 0 saturated carbocycles. The number of hydrogen-bond donors (Lipinski definition) is 1. The van der Waals surface area contributed by atoms with Crippen LogP contribution in [0.2, 0.25) is 0 Å². The lowest BCUT2D eigenvalue weighted by molar-refractivity contribution is 0.483. The molecular weight excluding hydrogens is 296 g/mol. The van der Waals surface area contributed by atoms with Crippen molar-refractivity contribution in [2.75, 3.05) is 5.73 Å². The maximum Gasteiger partial charge on any atom is 0.131 e. The fourth-order valence-corrected chi connectivity index (χ4v) is 2.71. The molecule has 0 spiro atoms. The fourth-order valence-electron chi connectivity index (χ4n) is 2.71. The Bertz CT molecular complexity index is 980. The maximum absolute atomic E-state index is 5.98. The molecule has 24 heavy (non-hydrogen) atoms. The van der Waals surface area contributed by atoms with Gasteiger partial charge in [0.15, 0.2) is 0 Å². The highest BCUT2D eigenvalue weighted by Gasteiger charge is 2.04. The van der Waals surface area contributed by atoms with Crippen molar-refractivity contribution >= 4 is 16.6 Å². The molecular formula is C21H16N2O. The molecule has 3 aromatic carbocycles. The van der Waals surface area contributed by atoms with Crippen molar-refractivity contribution in [1.82, 2.24) is 4.98 Å². The first kappa shape index (κ1) is 14.3. The molecule has 0 unspecified atom stereocenters. The van der Waals surface area contributed by atoms with Gasteiger partial charge in [-0.1, -0.05) is 42.5 Å². The third-order valence-corrected chi connectivity index (χ3v) is 3.96. The number of benzene rings is 3. The monoisotopic (exact) mass is 312 g/mol. The number of nitrogen functional groups attached to an aromatic ring is 1. The van der Waals surface area contributed by atoms with Gasteiger partial charge in [0.1, 0.15) is 17.3 Å². The van der Waals surface area contributed by atoms with E-state index in [2.05, 4.69) is 23.2 Å². The SMILES string of the molecule is Nc1nccc2ccc(-c3ccc(Oc4ccccc4)cc3)cc12. The Kier molecular flexibility index (Phi) is 3.60. The fraction of sp³-hybridized carbons (Fsp3) is 0. The molecule has 3 nitrogen and oxygen atoms in total. The van der Waals surface area contributed by atoms with E-state index in [1.165, 1.54) is 0 Å². The van der Waals surface area contributed by atoms with E-state index in [0.717, 1.165) is 33.4 Å². The molecule has 3 heteroatoms. The molecule has 0 amide bonds. The predicted molar refractivity (Wildman–Crippen MR) is 98.1 cm³/mol. The van der Waals surface area contributed by atoms with Crippen LogP contribution in [-0.4, -0.2) is 4.98 Å². The molecule has 0 fully saturated rings.